The molecule has 3 aromatic heterocycles. The molecule has 144 valence electrons. The summed E-state index contributed by atoms with van der Waals surface area (Å²) < 4.78 is 5.42. The summed E-state index contributed by atoms with van der Waals surface area (Å²) in [5.41, 5.74) is 3.83. The van der Waals surface area contributed by atoms with Crippen molar-refractivity contribution in [2.45, 2.75) is 39.0 Å². The van der Waals surface area contributed by atoms with E-state index in [-0.39, 0.29) is 11.7 Å². The molecular formula is C21H23N5O2. The molecule has 1 aliphatic rings. The molecule has 7 nitrogen and oxygen atoms in total. The van der Waals surface area contributed by atoms with Gasteiger partial charge in [0.1, 0.15) is 5.76 Å². The Balaban J connectivity index is 1.48. The van der Waals surface area contributed by atoms with Gasteiger partial charge in [-0.3, -0.25) is 9.78 Å². The van der Waals surface area contributed by atoms with Gasteiger partial charge >= 0.3 is 0 Å². The lowest BCUT2D eigenvalue weighted by molar-refractivity contribution is 0.0699. The summed E-state index contributed by atoms with van der Waals surface area (Å²) in [6.45, 7) is 5.36. The number of carbonyl (C=O) groups excluding carboxylic acids is 1. The highest BCUT2D eigenvalue weighted by atomic mass is 16.5. The van der Waals surface area contributed by atoms with Gasteiger partial charge in [0.15, 0.2) is 0 Å². The van der Waals surface area contributed by atoms with Crippen LogP contribution in [0.3, 0.4) is 0 Å². The van der Waals surface area contributed by atoms with Gasteiger partial charge in [0.25, 0.3) is 5.91 Å². The molecule has 0 aliphatic carbocycles. The second-order valence-corrected chi connectivity index (χ2v) is 7.01. The van der Waals surface area contributed by atoms with Gasteiger partial charge in [-0.15, -0.1) is 0 Å². The van der Waals surface area contributed by atoms with E-state index in [1.807, 2.05) is 24.0 Å². The van der Waals surface area contributed by atoms with Crippen molar-refractivity contribution in [1.82, 2.24) is 25.0 Å². The maximum Gasteiger partial charge on any atom is 0.291 e. The van der Waals surface area contributed by atoms with Gasteiger partial charge in [0.05, 0.1) is 17.0 Å². The van der Waals surface area contributed by atoms with Crippen LogP contribution in [0.25, 0.3) is 11.3 Å². The van der Waals surface area contributed by atoms with Crippen LogP contribution in [0.5, 0.6) is 0 Å². The number of carbonyl (C=O) groups is 1. The molecule has 0 bridgehead atoms. The van der Waals surface area contributed by atoms with Crippen molar-refractivity contribution in [2.75, 3.05) is 13.1 Å². The Kier molecular flexibility index (Phi) is 5.14. The Labute approximate surface area is 163 Å². The maximum atomic E-state index is 12.5. The molecule has 0 atom stereocenters. The molecule has 0 aromatic carbocycles. The quantitative estimate of drug-likeness (QED) is 0.693. The predicted octanol–water partition coefficient (Wildman–Crippen LogP) is 3.42. The second-order valence-electron chi connectivity index (χ2n) is 7.01. The molecule has 28 heavy (non-hydrogen) atoms. The first-order valence-corrected chi connectivity index (χ1v) is 9.66. The number of likely N-dealkylation sites (tertiary alicyclic amines) is 1. The summed E-state index contributed by atoms with van der Waals surface area (Å²) in [7, 11) is 0. The third-order valence-electron chi connectivity index (χ3n) is 5.24. The summed E-state index contributed by atoms with van der Waals surface area (Å²) >= 11 is 0. The number of hydrogen-bond acceptors (Lipinski definition) is 6. The summed E-state index contributed by atoms with van der Waals surface area (Å²) in [6.07, 6.45) is 5.72. The van der Waals surface area contributed by atoms with Gasteiger partial charge in [-0.05, 0) is 38.0 Å². The van der Waals surface area contributed by atoms with Crippen molar-refractivity contribution in [3.63, 3.8) is 0 Å². The summed E-state index contributed by atoms with van der Waals surface area (Å²) in [6, 6.07) is 7.83. The molecule has 4 heterocycles. The fourth-order valence-electron chi connectivity index (χ4n) is 3.73. The number of nitrogens with zero attached hydrogens (tertiary/aromatic N) is 5. The van der Waals surface area contributed by atoms with Crippen LogP contribution < -0.4 is 0 Å². The molecule has 1 amide bonds. The Morgan fingerprint density at radius 2 is 1.93 bits per heavy atom. The van der Waals surface area contributed by atoms with Crippen LogP contribution in [0.15, 0.2) is 41.2 Å². The predicted molar refractivity (Wildman–Crippen MR) is 104 cm³/mol. The number of amides is 1. The fraction of sp³-hybridized carbons (Fsp3) is 0.381. The van der Waals surface area contributed by atoms with Crippen LogP contribution >= 0.6 is 0 Å². The summed E-state index contributed by atoms with van der Waals surface area (Å²) in [4.78, 5) is 27.4. The molecule has 1 fully saturated rings. The van der Waals surface area contributed by atoms with E-state index in [1.165, 1.54) is 0 Å². The van der Waals surface area contributed by atoms with Crippen LogP contribution in [-0.2, 0) is 6.42 Å². The van der Waals surface area contributed by atoms with E-state index in [1.54, 1.807) is 18.5 Å². The van der Waals surface area contributed by atoms with E-state index in [0.717, 1.165) is 47.7 Å². The number of aromatic nitrogens is 4. The van der Waals surface area contributed by atoms with E-state index in [2.05, 4.69) is 28.1 Å². The molecule has 0 radical (unpaired) electrons. The van der Waals surface area contributed by atoms with Crippen molar-refractivity contribution in [1.29, 1.82) is 0 Å². The van der Waals surface area contributed by atoms with Crippen LogP contribution in [0, 0.1) is 6.92 Å². The highest BCUT2D eigenvalue weighted by Crippen LogP contribution is 2.31. The minimum atomic E-state index is -0.103. The van der Waals surface area contributed by atoms with E-state index in [9.17, 15) is 4.79 Å². The molecule has 1 aliphatic heterocycles. The van der Waals surface area contributed by atoms with Crippen molar-refractivity contribution < 1.29 is 9.32 Å². The van der Waals surface area contributed by atoms with E-state index >= 15 is 0 Å². The molecule has 3 aromatic rings. The minimum Gasteiger partial charge on any atom is -0.360 e. The summed E-state index contributed by atoms with van der Waals surface area (Å²) in [5, 5.41) is 4.09. The number of pyridine rings is 1. The topological polar surface area (TPSA) is 85.0 Å². The first kappa shape index (κ1) is 18.3. The molecule has 4 rings (SSSR count). The van der Waals surface area contributed by atoms with Gasteiger partial charge in [-0.25, -0.2) is 9.97 Å². The zero-order valence-electron chi connectivity index (χ0n) is 16.1. The molecular weight excluding hydrogens is 354 g/mol. The van der Waals surface area contributed by atoms with Crippen LogP contribution in [-0.4, -0.2) is 44.0 Å². The van der Waals surface area contributed by atoms with Crippen molar-refractivity contribution in [2.24, 2.45) is 0 Å². The zero-order chi connectivity index (χ0) is 19.5. The van der Waals surface area contributed by atoms with E-state index < -0.39 is 0 Å². The average molecular weight is 377 g/mol. The van der Waals surface area contributed by atoms with Crippen molar-refractivity contribution in [3.8, 4) is 11.3 Å². The number of hydrogen-bond donors (Lipinski definition) is 0. The lowest BCUT2D eigenvalue weighted by Gasteiger charge is -2.31. The van der Waals surface area contributed by atoms with E-state index in [0.29, 0.717) is 19.0 Å². The van der Waals surface area contributed by atoms with Gasteiger partial charge in [0, 0.05) is 43.5 Å². The lowest BCUT2D eigenvalue weighted by Crippen LogP contribution is -2.38. The smallest absolute Gasteiger partial charge is 0.291 e. The van der Waals surface area contributed by atoms with Crippen molar-refractivity contribution in [3.05, 3.63) is 59.6 Å². The molecule has 0 N–H and O–H groups in total. The first-order valence-electron chi connectivity index (χ1n) is 9.66. The molecule has 7 heteroatoms. The minimum absolute atomic E-state index is 0.103. The first-order chi connectivity index (χ1) is 13.7. The monoisotopic (exact) mass is 377 g/mol. The Morgan fingerprint density at radius 3 is 2.64 bits per heavy atom. The lowest BCUT2D eigenvalue weighted by atomic mass is 9.92. The maximum absolute atomic E-state index is 12.5. The zero-order valence-corrected chi connectivity index (χ0v) is 16.1. The Morgan fingerprint density at radius 1 is 1.18 bits per heavy atom. The fourth-order valence-corrected chi connectivity index (χ4v) is 3.73. The molecule has 0 spiro atoms. The third kappa shape index (κ3) is 3.52. The van der Waals surface area contributed by atoms with E-state index in [4.69, 9.17) is 9.51 Å². The van der Waals surface area contributed by atoms with Crippen LogP contribution in [0.2, 0.25) is 0 Å². The Hall–Kier alpha value is -3.09. The number of piperidine rings is 1. The van der Waals surface area contributed by atoms with Gasteiger partial charge in [0.2, 0.25) is 5.82 Å². The van der Waals surface area contributed by atoms with Gasteiger partial charge < -0.3 is 9.42 Å². The standard InChI is InChI=1S/C21H23N5O2/c1-3-18-19(14(2)25-28-18)17-7-4-6-16(24-17)15-8-12-26(13-9-15)21(27)20-22-10-5-11-23-20/h4-7,10-11,15H,3,8-9,12-13H2,1-2H3. The van der Waals surface area contributed by atoms with Crippen molar-refractivity contribution >= 4 is 5.91 Å². The highest BCUT2D eigenvalue weighted by Gasteiger charge is 2.27. The Bertz CT molecular complexity index is 962. The second kappa shape index (κ2) is 7.88. The van der Waals surface area contributed by atoms with Gasteiger partial charge in [-0.2, -0.15) is 0 Å². The number of rotatable bonds is 4. The molecule has 0 saturated carbocycles. The molecule has 0 unspecified atom stereocenters. The van der Waals surface area contributed by atoms with Crippen LogP contribution in [0.1, 0.15) is 53.5 Å². The molecule has 1 saturated heterocycles. The third-order valence-corrected chi connectivity index (χ3v) is 5.24. The summed E-state index contributed by atoms with van der Waals surface area (Å²) in [5.74, 6) is 1.35. The normalized spacial score (nSPS) is 15.0. The SMILES string of the molecule is CCc1onc(C)c1-c1cccc(C2CCN(C(=O)c3ncccn3)CC2)n1. The van der Waals surface area contributed by atoms with Crippen LogP contribution in [0.4, 0.5) is 0 Å². The largest absolute Gasteiger partial charge is 0.360 e. The van der Waals surface area contributed by atoms with Gasteiger partial charge in [-0.1, -0.05) is 18.1 Å². The average Bonchev–Trinajstić information content (AvgIpc) is 3.14. The highest BCUT2D eigenvalue weighted by molar-refractivity contribution is 5.90. The number of aryl methyl sites for hydroxylation is 2.